The largest absolute Gasteiger partial charge is 0.381 e. The molecule has 0 spiro atoms. The number of aromatic nitrogens is 2. The number of anilines is 1. The third-order valence-electron chi connectivity index (χ3n) is 5.48. The zero-order chi connectivity index (χ0) is 21.6. The third kappa shape index (κ3) is 3.43. The van der Waals surface area contributed by atoms with E-state index in [2.05, 4.69) is 48.0 Å². The van der Waals surface area contributed by atoms with E-state index in [4.69, 9.17) is 10.7 Å². The van der Waals surface area contributed by atoms with E-state index in [9.17, 15) is 4.79 Å². The number of amidine groups is 1. The van der Waals surface area contributed by atoms with E-state index in [-0.39, 0.29) is 11.9 Å². The van der Waals surface area contributed by atoms with Crippen molar-refractivity contribution in [2.45, 2.75) is 40.0 Å². The van der Waals surface area contributed by atoms with E-state index in [0.29, 0.717) is 23.7 Å². The minimum atomic E-state index is -0.374. The average Bonchev–Trinajstić information content (AvgIpc) is 3.11. The molecular weight excluding hydrogens is 376 g/mol. The van der Waals surface area contributed by atoms with E-state index in [1.807, 2.05) is 32.2 Å². The number of aromatic amines is 1. The van der Waals surface area contributed by atoms with Crippen molar-refractivity contribution in [1.82, 2.24) is 15.3 Å². The van der Waals surface area contributed by atoms with Gasteiger partial charge in [0, 0.05) is 18.3 Å². The molecule has 0 saturated heterocycles. The van der Waals surface area contributed by atoms with Gasteiger partial charge in [0.2, 0.25) is 0 Å². The van der Waals surface area contributed by atoms with E-state index in [1.54, 1.807) is 0 Å². The molecule has 0 aliphatic carbocycles. The molecule has 7 nitrogen and oxygen atoms in total. The molecule has 0 atom stereocenters. The highest BCUT2D eigenvalue weighted by atomic mass is 16.2. The van der Waals surface area contributed by atoms with Crippen LogP contribution in [0.1, 0.15) is 47.7 Å². The number of carbonyl (C=O) groups excluding carboxylic acids is 1. The molecule has 0 fully saturated rings. The molecular formula is C23H26N6O. The Balaban J connectivity index is 1.68. The van der Waals surface area contributed by atoms with Gasteiger partial charge in [-0.05, 0) is 66.3 Å². The molecule has 1 aromatic carbocycles. The first-order valence-electron chi connectivity index (χ1n) is 9.96. The Bertz CT molecular complexity index is 1180. The van der Waals surface area contributed by atoms with Gasteiger partial charge < -0.3 is 16.0 Å². The zero-order valence-corrected chi connectivity index (χ0v) is 17.7. The summed E-state index contributed by atoms with van der Waals surface area (Å²) in [5.74, 6) is 0.600. The summed E-state index contributed by atoms with van der Waals surface area (Å²) in [4.78, 5) is 20.5. The predicted octanol–water partition coefficient (Wildman–Crippen LogP) is 4.21. The fraction of sp³-hybridized carbons (Fsp3) is 0.261. The van der Waals surface area contributed by atoms with Gasteiger partial charge in [-0.2, -0.15) is 5.01 Å². The molecule has 1 aliphatic heterocycles. The molecule has 4 N–H and O–H groups in total. The SMILES string of the molecule is C=C1NC(=O)N(c2cc(C)c(Cc3ccc4[nH]cc(C(C)C)c4n3)c(C)c2)N=C1N. The highest BCUT2D eigenvalue weighted by Gasteiger charge is 2.24. The van der Waals surface area contributed by atoms with E-state index >= 15 is 0 Å². The third-order valence-corrected chi connectivity index (χ3v) is 5.48. The van der Waals surface area contributed by atoms with Crippen molar-refractivity contribution in [1.29, 1.82) is 0 Å². The van der Waals surface area contributed by atoms with Crippen molar-refractivity contribution in [2.75, 3.05) is 5.01 Å². The number of nitrogens with two attached hydrogens (primary N) is 1. The number of urea groups is 1. The van der Waals surface area contributed by atoms with Gasteiger partial charge in [0.1, 0.15) is 0 Å². The second-order valence-corrected chi connectivity index (χ2v) is 8.04. The van der Waals surface area contributed by atoms with Crippen molar-refractivity contribution >= 4 is 28.6 Å². The van der Waals surface area contributed by atoms with Crippen LogP contribution >= 0.6 is 0 Å². The van der Waals surface area contributed by atoms with Crippen LogP contribution in [0.2, 0.25) is 0 Å². The summed E-state index contributed by atoms with van der Waals surface area (Å²) >= 11 is 0. The average molecular weight is 403 g/mol. The van der Waals surface area contributed by atoms with Crippen LogP contribution in [0.3, 0.4) is 0 Å². The van der Waals surface area contributed by atoms with Crippen molar-refractivity contribution in [3.63, 3.8) is 0 Å². The van der Waals surface area contributed by atoms with Gasteiger partial charge in [-0.25, -0.2) is 4.79 Å². The molecule has 2 aromatic heterocycles. The molecule has 1 aliphatic rings. The van der Waals surface area contributed by atoms with Gasteiger partial charge in [-0.1, -0.05) is 20.4 Å². The second-order valence-electron chi connectivity index (χ2n) is 8.04. The van der Waals surface area contributed by atoms with Crippen LogP contribution in [-0.2, 0) is 6.42 Å². The lowest BCUT2D eigenvalue weighted by Crippen LogP contribution is -2.45. The standard InChI is InChI=1S/C23H26N6O/c1-12(2)19-11-25-20-7-6-16(27-21(19)20)10-18-13(3)8-17(9-14(18)4)29-23(30)26-15(5)22(24)28-29/h6-9,11-12,25H,5,10H2,1-4H3,(H2,24,28)(H,26,30). The first kappa shape index (κ1) is 19.7. The molecule has 0 saturated carbocycles. The molecule has 0 unspecified atom stereocenters. The highest BCUT2D eigenvalue weighted by Crippen LogP contribution is 2.28. The Morgan fingerprint density at radius 2 is 1.90 bits per heavy atom. The number of benzene rings is 1. The molecule has 3 heterocycles. The van der Waals surface area contributed by atoms with Gasteiger partial charge in [-0.15, -0.1) is 5.10 Å². The van der Waals surface area contributed by atoms with Gasteiger partial charge >= 0.3 is 6.03 Å². The Morgan fingerprint density at radius 1 is 1.20 bits per heavy atom. The fourth-order valence-corrected chi connectivity index (χ4v) is 3.79. The summed E-state index contributed by atoms with van der Waals surface area (Å²) in [6.07, 6.45) is 2.76. The number of nitrogens with one attached hydrogen (secondary N) is 2. The number of pyridine rings is 1. The number of hydrogen-bond acceptors (Lipinski definition) is 4. The Kier molecular flexibility index (Phi) is 4.81. The summed E-state index contributed by atoms with van der Waals surface area (Å²) in [5, 5.41) is 8.06. The van der Waals surface area contributed by atoms with Crippen LogP contribution in [0.4, 0.5) is 10.5 Å². The first-order valence-corrected chi connectivity index (χ1v) is 9.96. The monoisotopic (exact) mass is 402 g/mol. The summed E-state index contributed by atoms with van der Waals surface area (Å²) in [6, 6.07) is 7.67. The highest BCUT2D eigenvalue weighted by molar-refractivity contribution is 6.08. The Morgan fingerprint density at radius 3 is 2.57 bits per heavy atom. The smallest absolute Gasteiger partial charge is 0.347 e. The number of hydrogen-bond donors (Lipinski definition) is 3. The van der Waals surface area contributed by atoms with Crippen LogP contribution in [0.25, 0.3) is 11.0 Å². The van der Waals surface area contributed by atoms with Gasteiger partial charge in [0.25, 0.3) is 0 Å². The second kappa shape index (κ2) is 7.33. The van der Waals surface area contributed by atoms with Crippen molar-refractivity contribution in [2.24, 2.45) is 10.8 Å². The summed E-state index contributed by atoms with van der Waals surface area (Å²) in [6.45, 7) is 12.1. The zero-order valence-electron chi connectivity index (χ0n) is 17.7. The number of H-pyrrole nitrogens is 1. The number of nitrogens with zero attached hydrogens (tertiary/aromatic N) is 3. The number of carbonyl (C=O) groups is 1. The first-order chi connectivity index (χ1) is 14.2. The molecule has 4 rings (SSSR count). The van der Waals surface area contributed by atoms with Crippen LogP contribution in [0.15, 0.2) is 47.8 Å². The minimum Gasteiger partial charge on any atom is -0.381 e. The summed E-state index contributed by atoms with van der Waals surface area (Å²) < 4.78 is 0. The van der Waals surface area contributed by atoms with Crippen molar-refractivity contribution in [3.8, 4) is 0 Å². The lowest BCUT2D eigenvalue weighted by molar-refractivity contribution is 0.248. The number of fused-ring (bicyclic) bond motifs is 1. The lowest BCUT2D eigenvalue weighted by atomic mass is 9.97. The molecule has 154 valence electrons. The van der Waals surface area contributed by atoms with Crippen LogP contribution < -0.4 is 16.1 Å². The number of aryl methyl sites for hydroxylation is 2. The minimum absolute atomic E-state index is 0.193. The normalized spacial score (nSPS) is 14.4. The summed E-state index contributed by atoms with van der Waals surface area (Å²) in [7, 11) is 0. The lowest BCUT2D eigenvalue weighted by Gasteiger charge is -2.25. The van der Waals surface area contributed by atoms with Gasteiger partial charge in [0.05, 0.1) is 22.4 Å². The molecule has 0 radical (unpaired) electrons. The van der Waals surface area contributed by atoms with Gasteiger partial charge in [-0.3, -0.25) is 4.98 Å². The maximum Gasteiger partial charge on any atom is 0.347 e. The number of hydrazone groups is 1. The van der Waals surface area contributed by atoms with Crippen LogP contribution in [0.5, 0.6) is 0 Å². The summed E-state index contributed by atoms with van der Waals surface area (Å²) in [5.41, 5.74) is 14.4. The van der Waals surface area contributed by atoms with Crippen molar-refractivity contribution < 1.29 is 4.79 Å². The van der Waals surface area contributed by atoms with E-state index < -0.39 is 0 Å². The molecule has 2 amide bonds. The van der Waals surface area contributed by atoms with E-state index in [1.165, 1.54) is 16.1 Å². The number of amides is 2. The van der Waals surface area contributed by atoms with Gasteiger partial charge in [0.15, 0.2) is 5.84 Å². The number of rotatable bonds is 4. The topological polar surface area (TPSA) is 99.4 Å². The quantitative estimate of drug-likeness (QED) is 0.609. The van der Waals surface area contributed by atoms with Crippen LogP contribution in [0, 0.1) is 13.8 Å². The van der Waals surface area contributed by atoms with Crippen LogP contribution in [-0.4, -0.2) is 21.8 Å². The predicted molar refractivity (Wildman–Crippen MR) is 121 cm³/mol. The molecule has 3 aromatic rings. The fourth-order valence-electron chi connectivity index (χ4n) is 3.79. The molecule has 7 heteroatoms. The maximum atomic E-state index is 12.3. The Labute approximate surface area is 175 Å². The molecule has 0 bridgehead atoms. The maximum absolute atomic E-state index is 12.3. The van der Waals surface area contributed by atoms with E-state index in [0.717, 1.165) is 27.9 Å². The molecule has 30 heavy (non-hydrogen) atoms. The van der Waals surface area contributed by atoms with Crippen molar-refractivity contribution in [3.05, 3.63) is 70.7 Å². The Hall–Kier alpha value is -3.61.